The van der Waals surface area contributed by atoms with E-state index in [1.807, 2.05) is 13.8 Å². The fourth-order valence-corrected chi connectivity index (χ4v) is 1.69. The predicted octanol–water partition coefficient (Wildman–Crippen LogP) is 2.85. The zero-order chi connectivity index (χ0) is 13.4. The third kappa shape index (κ3) is 4.73. The highest BCUT2D eigenvalue weighted by Crippen LogP contribution is 2.12. The van der Waals surface area contributed by atoms with E-state index in [9.17, 15) is 9.18 Å². The average Bonchev–Trinajstić information content (AvgIpc) is 2.36. The van der Waals surface area contributed by atoms with Gasteiger partial charge in [-0.15, -0.1) is 0 Å². The minimum absolute atomic E-state index is 0.0382. The molecule has 0 aliphatic carbocycles. The number of nitrogens with zero attached hydrogens (tertiary/aromatic N) is 1. The maximum atomic E-state index is 12.9. The first-order valence-electron chi connectivity index (χ1n) is 6.33. The highest BCUT2D eigenvalue weighted by molar-refractivity contribution is 5.77. The lowest BCUT2D eigenvalue weighted by Crippen LogP contribution is -2.36. The van der Waals surface area contributed by atoms with E-state index >= 15 is 0 Å². The number of carbonyl (C=O) groups is 1. The zero-order valence-electron chi connectivity index (χ0n) is 11.0. The summed E-state index contributed by atoms with van der Waals surface area (Å²) in [6.07, 6.45) is 1.84. The summed E-state index contributed by atoms with van der Waals surface area (Å²) < 4.78 is 18.2. The van der Waals surface area contributed by atoms with Gasteiger partial charge in [0.2, 0.25) is 0 Å². The fourth-order valence-electron chi connectivity index (χ4n) is 1.69. The van der Waals surface area contributed by atoms with Crippen LogP contribution in [0.5, 0.6) is 5.75 Å². The second kappa shape index (κ2) is 7.69. The molecule has 0 fully saturated rings. The topological polar surface area (TPSA) is 29.5 Å². The average molecular weight is 253 g/mol. The van der Waals surface area contributed by atoms with Crippen LogP contribution in [-0.2, 0) is 4.79 Å². The Balaban J connectivity index is 2.48. The molecule has 0 atom stereocenters. The summed E-state index contributed by atoms with van der Waals surface area (Å²) >= 11 is 0. The summed E-state index contributed by atoms with van der Waals surface area (Å²) in [5.74, 6) is -0.0295. The second-order valence-corrected chi connectivity index (χ2v) is 4.13. The quantitative estimate of drug-likeness (QED) is 0.747. The Kier molecular flexibility index (Phi) is 6.19. The van der Waals surface area contributed by atoms with Crippen molar-refractivity contribution in [1.82, 2.24) is 4.90 Å². The van der Waals surface area contributed by atoms with Crippen LogP contribution in [0.4, 0.5) is 4.39 Å². The Morgan fingerprint density at radius 2 is 1.94 bits per heavy atom. The molecule has 0 spiro atoms. The van der Waals surface area contributed by atoms with Gasteiger partial charge in [0.1, 0.15) is 11.6 Å². The van der Waals surface area contributed by atoms with Crippen LogP contribution in [0.2, 0.25) is 0 Å². The number of halogens is 1. The van der Waals surface area contributed by atoms with Crippen molar-refractivity contribution in [3.05, 3.63) is 30.1 Å². The first-order valence-corrected chi connectivity index (χ1v) is 6.33. The van der Waals surface area contributed by atoms with Gasteiger partial charge in [-0.05, 0) is 25.0 Å². The standard InChI is InChI=1S/C14H20FNO2/c1-3-8-16(9-4-2)14(17)11-18-13-7-5-6-12(15)10-13/h5-7,10H,3-4,8-9,11H2,1-2H3. The van der Waals surface area contributed by atoms with E-state index in [1.165, 1.54) is 12.1 Å². The van der Waals surface area contributed by atoms with E-state index in [-0.39, 0.29) is 18.3 Å². The molecule has 1 amide bonds. The van der Waals surface area contributed by atoms with E-state index in [0.717, 1.165) is 25.9 Å². The minimum atomic E-state index is -0.362. The van der Waals surface area contributed by atoms with Crippen molar-refractivity contribution < 1.29 is 13.9 Å². The van der Waals surface area contributed by atoms with Gasteiger partial charge >= 0.3 is 0 Å². The van der Waals surface area contributed by atoms with Crippen molar-refractivity contribution in [2.45, 2.75) is 26.7 Å². The largest absolute Gasteiger partial charge is 0.484 e. The van der Waals surface area contributed by atoms with Crippen LogP contribution in [0, 0.1) is 5.82 Å². The first-order chi connectivity index (χ1) is 8.67. The van der Waals surface area contributed by atoms with Gasteiger partial charge in [-0.25, -0.2) is 4.39 Å². The monoisotopic (exact) mass is 253 g/mol. The molecule has 0 bridgehead atoms. The number of rotatable bonds is 7. The van der Waals surface area contributed by atoms with Gasteiger partial charge in [-0.1, -0.05) is 19.9 Å². The Hall–Kier alpha value is -1.58. The molecule has 0 saturated heterocycles. The van der Waals surface area contributed by atoms with Crippen LogP contribution >= 0.6 is 0 Å². The second-order valence-electron chi connectivity index (χ2n) is 4.13. The summed E-state index contributed by atoms with van der Waals surface area (Å²) in [4.78, 5) is 13.7. The Labute approximate surface area is 108 Å². The predicted molar refractivity (Wildman–Crippen MR) is 69.1 cm³/mol. The molecular weight excluding hydrogens is 233 g/mol. The Bertz CT molecular complexity index is 376. The summed E-state index contributed by atoms with van der Waals surface area (Å²) in [5, 5.41) is 0. The molecule has 0 aliphatic heterocycles. The summed E-state index contributed by atoms with van der Waals surface area (Å²) in [7, 11) is 0. The van der Waals surface area contributed by atoms with Crippen LogP contribution in [0.25, 0.3) is 0 Å². The smallest absolute Gasteiger partial charge is 0.260 e. The minimum Gasteiger partial charge on any atom is -0.484 e. The normalized spacial score (nSPS) is 10.2. The van der Waals surface area contributed by atoms with Crippen LogP contribution in [-0.4, -0.2) is 30.5 Å². The third-order valence-electron chi connectivity index (χ3n) is 2.50. The van der Waals surface area contributed by atoms with Crippen LogP contribution < -0.4 is 4.74 Å². The van der Waals surface area contributed by atoms with Crippen molar-refractivity contribution in [2.75, 3.05) is 19.7 Å². The number of benzene rings is 1. The van der Waals surface area contributed by atoms with Crippen LogP contribution in [0.1, 0.15) is 26.7 Å². The van der Waals surface area contributed by atoms with E-state index in [0.29, 0.717) is 5.75 Å². The molecule has 0 radical (unpaired) electrons. The van der Waals surface area contributed by atoms with Crippen LogP contribution in [0.15, 0.2) is 24.3 Å². The molecule has 0 aromatic heterocycles. The van der Waals surface area contributed by atoms with E-state index in [4.69, 9.17) is 4.74 Å². The summed E-state index contributed by atoms with van der Waals surface area (Å²) in [6, 6.07) is 5.82. The zero-order valence-corrected chi connectivity index (χ0v) is 11.0. The molecule has 18 heavy (non-hydrogen) atoms. The van der Waals surface area contributed by atoms with Gasteiger partial charge in [0.15, 0.2) is 6.61 Å². The number of amides is 1. The maximum absolute atomic E-state index is 12.9. The molecule has 0 unspecified atom stereocenters. The van der Waals surface area contributed by atoms with Gasteiger partial charge in [0.05, 0.1) is 0 Å². The lowest BCUT2D eigenvalue weighted by atomic mass is 10.3. The highest BCUT2D eigenvalue weighted by atomic mass is 19.1. The van der Waals surface area contributed by atoms with Crippen LogP contribution in [0.3, 0.4) is 0 Å². The molecule has 100 valence electrons. The Morgan fingerprint density at radius 3 is 2.50 bits per heavy atom. The Morgan fingerprint density at radius 1 is 1.28 bits per heavy atom. The number of carbonyl (C=O) groups excluding carboxylic acids is 1. The lowest BCUT2D eigenvalue weighted by Gasteiger charge is -2.21. The van der Waals surface area contributed by atoms with Crippen molar-refractivity contribution in [2.24, 2.45) is 0 Å². The molecule has 0 heterocycles. The molecule has 3 nitrogen and oxygen atoms in total. The molecule has 4 heteroatoms. The molecule has 0 aliphatic rings. The van der Waals surface area contributed by atoms with E-state index in [2.05, 4.69) is 0 Å². The van der Waals surface area contributed by atoms with Crippen molar-refractivity contribution in [3.8, 4) is 5.75 Å². The van der Waals surface area contributed by atoms with Gasteiger partial charge in [0, 0.05) is 19.2 Å². The lowest BCUT2D eigenvalue weighted by molar-refractivity contribution is -0.133. The van der Waals surface area contributed by atoms with Gasteiger partial charge in [-0.3, -0.25) is 4.79 Å². The SMILES string of the molecule is CCCN(CCC)C(=O)COc1cccc(F)c1. The molecule has 1 rings (SSSR count). The first kappa shape index (κ1) is 14.5. The number of hydrogen-bond donors (Lipinski definition) is 0. The maximum Gasteiger partial charge on any atom is 0.260 e. The van der Waals surface area contributed by atoms with Gasteiger partial charge in [-0.2, -0.15) is 0 Å². The number of hydrogen-bond acceptors (Lipinski definition) is 2. The molecule has 0 N–H and O–H groups in total. The number of ether oxygens (including phenoxy) is 1. The van der Waals surface area contributed by atoms with Crippen molar-refractivity contribution in [1.29, 1.82) is 0 Å². The summed E-state index contributed by atoms with van der Waals surface area (Å²) in [5.41, 5.74) is 0. The third-order valence-corrected chi connectivity index (χ3v) is 2.50. The summed E-state index contributed by atoms with van der Waals surface area (Å²) in [6.45, 7) is 5.49. The molecule has 0 saturated carbocycles. The highest BCUT2D eigenvalue weighted by Gasteiger charge is 2.12. The molecule has 1 aromatic carbocycles. The van der Waals surface area contributed by atoms with Gasteiger partial charge in [0.25, 0.3) is 5.91 Å². The van der Waals surface area contributed by atoms with Gasteiger partial charge < -0.3 is 9.64 Å². The van der Waals surface area contributed by atoms with Crippen molar-refractivity contribution in [3.63, 3.8) is 0 Å². The van der Waals surface area contributed by atoms with E-state index in [1.54, 1.807) is 17.0 Å². The van der Waals surface area contributed by atoms with E-state index < -0.39 is 0 Å². The molecule has 1 aromatic rings. The van der Waals surface area contributed by atoms with Crippen molar-refractivity contribution >= 4 is 5.91 Å². The molecular formula is C14H20FNO2. The fraction of sp³-hybridized carbons (Fsp3) is 0.500.